The lowest BCUT2D eigenvalue weighted by Gasteiger charge is -2.04. The summed E-state index contributed by atoms with van der Waals surface area (Å²) in [5.41, 5.74) is 2.21. The Morgan fingerprint density at radius 2 is 1.54 bits per heavy atom. The monoisotopic (exact) mass is 327 g/mol. The summed E-state index contributed by atoms with van der Waals surface area (Å²) in [7, 11) is 1.55. The minimum atomic E-state index is -0.785. The van der Waals surface area contributed by atoms with Gasteiger partial charge < -0.3 is 10.1 Å². The lowest BCUT2D eigenvalue weighted by Crippen LogP contribution is -2.15. The number of oxime groups is 1. The molecule has 0 atom stereocenters. The summed E-state index contributed by atoms with van der Waals surface area (Å²) < 4.78 is 5.02. The zero-order chi connectivity index (χ0) is 17.4. The number of nitrogens with one attached hydrogen (secondary N) is 2. The number of carbonyl (C=O) groups is 2. The van der Waals surface area contributed by atoms with Crippen LogP contribution in [0.1, 0.15) is 5.56 Å². The van der Waals surface area contributed by atoms with Gasteiger partial charge in [-0.15, -0.1) is 0 Å². The molecule has 0 aliphatic heterocycles. The van der Waals surface area contributed by atoms with Crippen LogP contribution in [0.2, 0.25) is 0 Å². The highest BCUT2D eigenvalue weighted by Crippen LogP contribution is 2.14. The first-order chi connectivity index (χ1) is 11.6. The number of ether oxygens (including phenoxy) is 1. The van der Waals surface area contributed by atoms with E-state index >= 15 is 0 Å². The maximum atomic E-state index is 11.6. The third kappa shape index (κ3) is 5.45. The molecule has 2 amide bonds. The van der Waals surface area contributed by atoms with Crippen molar-refractivity contribution >= 4 is 29.6 Å². The number of amides is 2. The van der Waals surface area contributed by atoms with Gasteiger partial charge in [-0.1, -0.05) is 22.9 Å². The quantitative estimate of drug-likeness (QED) is 0.501. The molecule has 0 bridgehead atoms. The van der Waals surface area contributed by atoms with Crippen molar-refractivity contribution in [2.75, 3.05) is 17.7 Å². The second-order valence-corrected chi connectivity index (χ2v) is 4.82. The van der Waals surface area contributed by atoms with Crippen molar-refractivity contribution in [2.45, 2.75) is 6.92 Å². The van der Waals surface area contributed by atoms with Gasteiger partial charge in [-0.3, -0.25) is 14.9 Å². The molecule has 0 spiro atoms. The van der Waals surface area contributed by atoms with Gasteiger partial charge in [0.15, 0.2) is 0 Å². The molecular formula is C17H17N3O4. The summed E-state index contributed by atoms with van der Waals surface area (Å²) >= 11 is 0. The predicted molar refractivity (Wildman–Crippen MR) is 91.4 cm³/mol. The number of carbonyl (C=O) groups excluding carboxylic acids is 2. The van der Waals surface area contributed by atoms with E-state index < -0.39 is 12.0 Å². The molecular weight excluding hydrogens is 310 g/mol. The van der Waals surface area contributed by atoms with Crippen molar-refractivity contribution in [3.8, 4) is 5.75 Å². The molecule has 2 N–H and O–H groups in total. The smallest absolute Gasteiger partial charge is 0.437 e. The molecule has 0 aliphatic rings. The minimum Gasteiger partial charge on any atom is -0.497 e. The molecule has 0 aliphatic carbocycles. The Bertz CT molecular complexity index is 725. The van der Waals surface area contributed by atoms with E-state index in [1.807, 2.05) is 19.1 Å². The average Bonchev–Trinajstić information content (AvgIpc) is 2.57. The van der Waals surface area contributed by atoms with Crippen LogP contribution in [0.3, 0.4) is 0 Å². The van der Waals surface area contributed by atoms with E-state index in [0.717, 1.165) is 11.8 Å². The lowest BCUT2D eigenvalue weighted by atomic mass is 10.2. The topological polar surface area (TPSA) is 89.0 Å². The van der Waals surface area contributed by atoms with Gasteiger partial charge in [0.2, 0.25) is 0 Å². The van der Waals surface area contributed by atoms with Gasteiger partial charge in [-0.25, -0.2) is 4.79 Å². The van der Waals surface area contributed by atoms with Crippen LogP contribution in [0.5, 0.6) is 5.75 Å². The van der Waals surface area contributed by atoms with Crippen LogP contribution in [-0.2, 0) is 9.63 Å². The highest BCUT2D eigenvalue weighted by atomic mass is 16.7. The minimum absolute atomic E-state index is 0.525. The molecule has 0 saturated carbocycles. The van der Waals surface area contributed by atoms with Crippen molar-refractivity contribution in [3.63, 3.8) is 0 Å². The van der Waals surface area contributed by atoms with Crippen LogP contribution < -0.4 is 15.4 Å². The highest BCUT2D eigenvalue weighted by Gasteiger charge is 2.03. The van der Waals surface area contributed by atoms with Gasteiger partial charge in [0.25, 0.3) is 5.91 Å². The molecule has 0 saturated heterocycles. The lowest BCUT2D eigenvalue weighted by molar-refractivity contribution is -0.110. The summed E-state index contributed by atoms with van der Waals surface area (Å²) in [5.74, 6) is 0.154. The molecule has 0 aromatic heterocycles. The SMILES string of the molecule is COc1ccc(NC(=O)C=NOC(=O)Nc2ccc(C)cc2)cc1. The van der Waals surface area contributed by atoms with Gasteiger partial charge in [0.05, 0.1) is 7.11 Å². The Labute approximate surface area is 139 Å². The molecule has 2 rings (SSSR count). The van der Waals surface area contributed by atoms with E-state index in [9.17, 15) is 9.59 Å². The van der Waals surface area contributed by atoms with Gasteiger partial charge in [0.1, 0.15) is 12.0 Å². The number of anilines is 2. The molecule has 0 heterocycles. The maximum absolute atomic E-state index is 11.6. The fourth-order valence-electron chi connectivity index (χ4n) is 1.75. The molecule has 0 unspecified atom stereocenters. The van der Waals surface area contributed by atoms with E-state index in [1.165, 1.54) is 0 Å². The maximum Gasteiger partial charge on any atom is 0.437 e. The number of hydrogen-bond donors (Lipinski definition) is 2. The molecule has 7 heteroatoms. The number of nitrogens with zero attached hydrogens (tertiary/aromatic N) is 1. The summed E-state index contributed by atoms with van der Waals surface area (Å²) in [5, 5.41) is 8.39. The highest BCUT2D eigenvalue weighted by molar-refractivity contribution is 6.31. The van der Waals surface area contributed by atoms with E-state index in [-0.39, 0.29) is 0 Å². The van der Waals surface area contributed by atoms with Crippen molar-refractivity contribution in [2.24, 2.45) is 5.16 Å². The van der Waals surface area contributed by atoms with Crippen LogP contribution in [0.25, 0.3) is 0 Å². The van der Waals surface area contributed by atoms with Crippen molar-refractivity contribution < 1.29 is 19.2 Å². The second-order valence-electron chi connectivity index (χ2n) is 4.82. The summed E-state index contributed by atoms with van der Waals surface area (Å²) in [6.45, 7) is 1.94. The van der Waals surface area contributed by atoms with Crippen LogP contribution in [0.15, 0.2) is 53.7 Å². The number of methoxy groups -OCH3 is 1. The average molecular weight is 327 g/mol. The molecule has 2 aromatic rings. The summed E-state index contributed by atoms with van der Waals surface area (Å²) in [6, 6.07) is 13.9. The number of benzene rings is 2. The van der Waals surface area contributed by atoms with E-state index in [4.69, 9.17) is 4.74 Å². The second kappa shape index (κ2) is 8.33. The van der Waals surface area contributed by atoms with Crippen LogP contribution in [0.4, 0.5) is 16.2 Å². The fraction of sp³-hybridized carbons (Fsp3) is 0.118. The summed E-state index contributed by atoms with van der Waals surface area (Å²) in [4.78, 5) is 27.7. The van der Waals surface area contributed by atoms with Gasteiger partial charge in [0, 0.05) is 11.4 Å². The Morgan fingerprint density at radius 3 is 2.17 bits per heavy atom. The zero-order valence-electron chi connectivity index (χ0n) is 13.3. The third-order valence-electron chi connectivity index (χ3n) is 2.96. The van der Waals surface area contributed by atoms with E-state index in [2.05, 4.69) is 20.6 Å². The largest absolute Gasteiger partial charge is 0.497 e. The first-order valence-electron chi connectivity index (χ1n) is 7.10. The van der Waals surface area contributed by atoms with E-state index in [0.29, 0.717) is 17.1 Å². The van der Waals surface area contributed by atoms with Gasteiger partial charge in [-0.2, -0.15) is 0 Å². The van der Waals surface area contributed by atoms with Gasteiger partial charge >= 0.3 is 6.09 Å². The number of aryl methyl sites for hydroxylation is 1. The molecule has 0 radical (unpaired) electrons. The third-order valence-corrected chi connectivity index (χ3v) is 2.96. The summed E-state index contributed by atoms with van der Waals surface area (Å²) in [6.07, 6.45) is 0.0891. The predicted octanol–water partition coefficient (Wildman–Crippen LogP) is 3.18. The number of hydrogen-bond acceptors (Lipinski definition) is 5. The molecule has 7 nitrogen and oxygen atoms in total. The first kappa shape index (κ1) is 17.0. The normalized spacial score (nSPS) is 10.2. The Hall–Kier alpha value is -3.35. The first-order valence-corrected chi connectivity index (χ1v) is 7.10. The van der Waals surface area contributed by atoms with E-state index in [1.54, 1.807) is 43.5 Å². The van der Waals surface area contributed by atoms with Crippen LogP contribution >= 0.6 is 0 Å². The standard InChI is InChI=1S/C17H17N3O4/c1-12-3-5-14(6-4-12)20-17(22)24-18-11-16(21)19-13-7-9-15(23-2)10-8-13/h3-11H,1-2H3,(H,19,21)(H,20,22). The molecule has 0 fully saturated rings. The molecule has 2 aromatic carbocycles. The van der Waals surface area contributed by atoms with Crippen molar-refractivity contribution in [3.05, 3.63) is 54.1 Å². The number of rotatable bonds is 5. The Balaban J connectivity index is 1.78. The Kier molecular flexibility index (Phi) is 5.90. The van der Waals surface area contributed by atoms with Gasteiger partial charge in [-0.05, 0) is 43.3 Å². The molecule has 124 valence electrons. The van der Waals surface area contributed by atoms with Crippen LogP contribution in [0, 0.1) is 6.92 Å². The van der Waals surface area contributed by atoms with Crippen molar-refractivity contribution in [1.29, 1.82) is 0 Å². The fourth-order valence-corrected chi connectivity index (χ4v) is 1.75. The molecule has 24 heavy (non-hydrogen) atoms. The Morgan fingerprint density at radius 1 is 0.958 bits per heavy atom. The zero-order valence-corrected chi connectivity index (χ0v) is 13.3. The van der Waals surface area contributed by atoms with Crippen LogP contribution in [-0.4, -0.2) is 25.3 Å². The van der Waals surface area contributed by atoms with Crippen molar-refractivity contribution in [1.82, 2.24) is 0 Å².